The maximum absolute atomic E-state index is 5.74. The van der Waals surface area contributed by atoms with Crippen LogP contribution in [0.1, 0.15) is 0 Å². The van der Waals surface area contributed by atoms with E-state index >= 15 is 0 Å². The molecule has 3 rings (SSSR count). The summed E-state index contributed by atoms with van der Waals surface area (Å²) in [5.74, 6) is 0.812. The Labute approximate surface area is 125 Å². The van der Waals surface area contributed by atoms with Crippen molar-refractivity contribution in [1.29, 1.82) is 0 Å². The highest BCUT2D eigenvalue weighted by Crippen LogP contribution is 2.29. The number of hydrogen-bond donors (Lipinski definition) is 1. The first kappa shape index (κ1) is 13.3. The predicted octanol–water partition coefficient (Wildman–Crippen LogP) is 2.96. The molecule has 7 heteroatoms. The van der Waals surface area contributed by atoms with Crippen molar-refractivity contribution in [1.82, 2.24) is 20.2 Å². The van der Waals surface area contributed by atoms with Gasteiger partial charge in [-0.15, -0.1) is 10.2 Å². The lowest BCUT2D eigenvalue weighted by Crippen LogP contribution is -2.02. The summed E-state index contributed by atoms with van der Waals surface area (Å²) < 4.78 is 5.66. The highest BCUT2D eigenvalue weighted by Gasteiger charge is 2.12. The molecular weight excluding hydrogens is 290 g/mol. The van der Waals surface area contributed by atoms with Crippen molar-refractivity contribution in [3.63, 3.8) is 0 Å². The molecule has 0 atom stereocenters. The molecule has 0 spiro atoms. The molecule has 21 heavy (non-hydrogen) atoms. The van der Waals surface area contributed by atoms with Crippen LogP contribution in [0.2, 0.25) is 5.15 Å². The van der Waals surface area contributed by atoms with Gasteiger partial charge in [-0.05, 0) is 12.1 Å². The number of ether oxygens (including phenoxy) is 1. The SMILES string of the molecule is Nc1nnc(Oc2ccc(Cl)nc2)c(-c2ccccc2)n1. The number of nitrogens with zero attached hydrogens (tertiary/aromatic N) is 4. The Balaban J connectivity index is 2.00. The Morgan fingerprint density at radius 1 is 1.00 bits per heavy atom. The molecule has 2 aromatic heterocycles. The van der Waals surface area contributed by atoms with Crippen LogP contribution >= 0.6 is 11.6 Å². The summed E-state index contributed by atoms with van der Waals surface area (Å²) in [6, 6.07) is 12.8. The molecule has 0 amide bonds. The Morgan fingerprint density at radius 2 is 1.81 bits per heavy atom. The Hall–Kier alpha value is -2.73. The number of anilines is 1. The minimum Gasteiger partial charge on any atom is -0.434 e. The largest absolute Gasteiger partial charge is 0.434 e. The maximum atomic E-state index is 5.74. The molecule has 0 radical (unpaired) electrons. The van der Waals surface area contributed by atoms with Crippen LogP contribution < -0.4 is 10.5 Å². The average Bonchev–Trinajstić information content (AvgIpc) is 2.52. The van der Waals surface area contributed by atoms with Crippen molar-refractivity contribution >= 4 is 17.5 Å². The Kier molecular flexibility index (Phi) is 3.61. The van der Waals surface area contributed by atoms with Crippen LogP contribution in [0.15, 0.2) is 48.7 Å². The monoisotopic (exact) mass is 299 g/mol. The number of aromatic nitrogens is 4. The van der Waals surface area contributed by atoms with E-state index in [-0.39, 0.29) is 11.8 Å². The van der Waals surface area contributed by atoms with Crippen molar-refractivity contribution < 1.29 is 4.74 Å². The third-order valence-corrected chi connectivity index (χ3v) is 2.86. The lowest BCUT2D eigenvalue weighted by molar-refractivity contribution is 0.452. The second-order valence-corrected chi connectivity index (χ2v) is 4.50. The van der Waals surface area contributed by atoms with E-state index in [2.05, 4.69) is 20.2 Å². The molecule has 2 N–H and O–H groups in total. The van der Waals surface area contributed by atoms with Gasteiger partial charge in [-0.1, -0.05) is 41.9 Å². The van der Waals surface area contributed by atoms with Gasteiger partial charge in [0.25, 0.3) is 5.88 Å². The van der Waals surface area contributed by atoms with Gasteiger partial charge in [0.2, 0.25) is 5.95 Å². The van der Waals surface area contributed by atoms with Gasteiger partial charge < -0.3 is 10.5 Å². The topological polar surface area (TPSA) is 86.8 Å². The fraction of sp³-hybridized carbons (Fsp3) is 0. The van der Waals surface area contributed by atoms with Crippen molar-refractivity contribution in [2.24, 2.45) is 0 Å². The van der Waals surface area contributed by atoms with E-state index in [1.807, 2.05) is 30.3 Å². The number of benzene rings is 1. The van der Waals surface area contributed by atoms with Crippen molar-refractivity contribution in [2.45, 2.75) is 0 Å². The predicted molar refractivity (Wildman–Crippen MR) is 79.0 cm³/mol. The third kappa shape index (κ3) is 3.06. The molecule has 0 saturated heterocycles. The summed E-state index contributed by atoms with van der Waals surface area (Å²) >= 11 is 5.74. The second kappa shape index (κ2) is 5.72. The summed E-state index contributed by atoms with van der Waals surface area (Å²) in [7, 11) is 0. The van der Waals surface area contributed by atoms with Crippen LogP contribution in [-0.4, -0.2) is 20.2 Å². The third-order valence-electron chi connectivity index (χ3n) is 2.63. The van der Waals surface area contributed by atoms with Gasteiger partial charge in [0.05, 0.1) is 6.20 Å². The molecule has 0 aliphatic rings. The van der Waals surface area contributed by atoms with Crippen LogP contribution in [0.25, 0.3) is 11.3 Å². The molecule has 0 fully saturated rings. The zero-order valence-corrected chi connectivity index (χ0v) is 11.5. The fourth-order valence-corrected chi connectivity index (χ4v) is 1.83. The standard InChI is InChI=1S/C14H10ClN5O/c15-11-7-6-10(8-17-11)21-13-12(18-14(16)20-19-13)9-4-2-1-3-5-9/h1-8H,(H2,16,18,20). The lowest BCUT2D eigenvalue weighted by Gasteiger charge is -2.08. The van der Waals surface area contributed by atoms with Gasteiger partial charge >= 0.3 is 0 Å². The van der Waals surface area contributed by atoms with Gasteiger partial charge in [0.15, 0.2) is 0 Å². The zero-order valence-electron chi connectivity index (χ0n) is 10.8. The number of nitrogen functional groups attached to an aromatic ring is 1. The molecule has 2 heterocycles. The first-order valence-corrected chi connectivity index (χ1v) is 6.45. The first-order chi connectivity index (χ1) is 10.2. The summed E-state index contributed by atoms with van der Waals surface area (Å²) in [5, 5.41) is 8.06. The number of halogens is 1. The van der Waals surface area contributed by atoms with E-state index in [1.165, 1.54) is 6.20 Å². The molecule has 6 nitrogen and oxygen atoms in total. The minimum atomic E-state index is 0.0791. The molecular formula is C14H10ClN5O. The summed E-state index contributed by atoms with van der Waals surface area (Å²) in [4.78, 5) is 8.13. The van der Waals surface area contributed by atoms with Gasteiger partial charge in [-0.25, -0.2) is 9.97 Å². The average molecular weight is 300 g/mol. The van der Waals surface area contributed by atoms with E-state index in [1.54, 1.807) is 12.1 Å². The van der Waals surface area contributed by atoms with Crippen molar-refractivity contribution in [2.75, 3.05) is 5.73 Å². The van der Waals surface area contributed by atoms with Crippen LogP contribution in [0.4, 0.5) is 5.95 Å². The van der Waals surface area contributed by atoms with E-state index < -0.39 is 0 Å². The van der Waals surface area contributed by atoms with E-state index in [0.717, 1.165) is 5.56 Å². The highest BCUT2D eigenvalue weighted by molar-refractivity contribution is 6.29. The number of rotatable bonds is 3. The van der Waals surface area contributed by atoms with Crippen molar-refractivity contribution in [3.8, 4) is 22.9 Å². The quantitative estimate of drug-likeness (QED) is 0.748. The van der Waals surface area contributed by atoms with Crippen LogP contribution in [0.5, 0.6) is 11.6 Å². The first-order valence-electron chi connectivity index (χ1n) is 6.07. The summed E-state index contributed by atoms with van der Waals surface area (Å²) in [6.07, 6.45) is 1.50. The molecule has 0 aliphatic carbocycles. The smallest absolute Gasteiger partial charge is 0.265 e. The highest BCUT2D eigenvalue weighted by atomic mass is 35.5. The van der Waals surface area contributed by atoms with Crippen LogP contribution in [-0.2, 0) is 0 Å². The number of pyridine rings is 1. The fourth-order valence-electron chi connectivity index (χ4n) is 1.72. The number of nitrogens with two attached hydrogens (primary N) is 1. The maximum Gasteiger partial charge on any atom is 0.265 e. The zero-order chi connectivity index (χ0) is 14.7. The van der Waals surface area contributed by atoms with Crippen molar-refractivity contribution in [3.05, 3.63) is 53.8 Å². The second-order valence-electron chi connectivity index (χ2n) is 4.11. The van der Waals surface area contributed by atoms with E-state index in [4.69, 9.17) is 22.1 Å². The molecule has 0 saturated carbocycles. The molecule has 0 bridgehead atoms. The van der Waals surface area contributed by atoms with Gasteiger partial charge in [-0.3, -0.25) is 0 Å². The van der Waals surface area contributed by atoms with Gasteiger partial charge in [0.1, 0.15) is 16.6 Å². The molecule has 104 valence electrons. The number of hydrogen-bond acceptors (Lipinski definition) is 6. The van der Waals surface area contributed by atoms with Crippen LogP contribution in [0, 0.1) is 0 Å². The molecule has 0 unspecified atom stereocenters. The molecule has 0 aliphatic heterocycles. The summed E-state index contributed by atoms with van der Waals surface area (Å²) in [5.41, 5.74) is 6.95. The van der Waals surface area contributed by atoms with E-state index in [9.17, 15) is 0 Å². The van der Waals surface area contributed by atoms with E-state index in [0.29, 0.717) is 16.6 Å². The molecule has 1 aromatic carbocycles. The lowest BCUT2D eigenvalue weighted by atomic mass is 10.1. The Bertz CT molecular complexity index is 749. The molecule has 3 aromatic rings. The van der Waals surface area contributed by atoms with Gasteiger partial charge in [-0.2, -0.15) is 0 Å². The van der Waals surface area contributed by atoms with Gasteiger partial charge in [0, 0.05) is 5.56 Å². The summed E-state index contributed by atoms with van der Waals surface area (Å²) in [6.45, 7) is 0. The Morgan fingerprint density at radius 3 is 2.52 bits per heavy atom. The normalized spacial score (nSPS) is 10.3. The minimum absolute atomic E-state index is 0.0791. The van der Waals surface area contributed by atoms with Crippen LogP contribution in [0.3, 0.4) is 0 Å².